The Morgan fingerprint density at radius 3 is 2.73 bits per heavy atom. The van der Waals surface area contributed by atoms with Crippen LogP contribution in [-0.2, 0) is 9.59 Å². The summed E-state index contributed by atoms with van der Waals surface area (Å²) in [6.07, 6.45) is 0.138. The number of hydrogen-bond acceptors (Lipinski definition) is 5. The Balaban J connectivity index is 1.74. The highest BCUT2D eigenvalue weighted by atomic mass is 35.5. The second kappa shape index (κ2) is 9.65. The van der Waals surface area contributed by atoms with E-state index in [2.05, 4.69) is 16.7 Å². The van der Waals surface area contributed by atoms with Crippen molar-refractivity contribution in [3.05, 3.63) is 69.5 Å². The quantitative estimate of drug-likeness (QED) is 0.695. The highest BCUT2D eigenvalue weighted by Gasteiger charge is 2.29. The zero-order chi connectivity index (χ0) is 21.7. The smallest absolute Gasteiger partial charge is 0.234 e. The van der Waals surface area contributed by atoms with Crippen molar-refractivity contribution < 1.29 is 18.7 Å². The first-order valence-corrected chi connectivity index (χ1v) is 10.2. The summed E-state index contributed by atoms with van der Waals surface area (Å²) in [6, 6.07) is 13.2. The summed E-state index contributed by atoms with van der Waals surface area (Å²) in [5.41, 5.74) is 1.55. The third-order valence-corrected chi connectivity index (χ3v) is 5.73. The lowest BCUT2D eigenvalue weighted by atomic mass is 9.87. The maximum absolute atomic E-state index is 13.2. The van der Waals surface area contributed by atoms with E-state index in [-0.39, 0.29) is 29.0 Å². The molecule has 1 heterocycles. The fourth-order valence-electron chi connectivity index (χ4n) is 2.96. The summed E-state index contributed by atoms with van der Waals surface area (Å²) in [5.74, 6) is -0.978. The van der Waals surface area contributed by atoms with Gasteiger partial charge in [-0.3, -0.25) is 9.59 Å². The standard InChI is InChI=1S/C21H17ClFN3O3S/c1-29-14-5-2-12(3-6-14)15-9-19(27)26-21(16(15)10-24)30-11-20(28)25-13-4-7-18(23)17(22)8-13/h2-8,15H,9,11H2,1H3,(H,25,28)(H,26,27)/t15-/m1/s1. The summed E-state index contributed by atoms with van der Waals surface area (Å²) in [7, 11) is 1.56. The number of methoxy groups -OCH3 is 1. The first-order chi connectivity index (χ1) is 14.4. The van der Waals surface area contributed by atoms with Gasteiger partial charge in [0.1, 0.15) is 11.6 Å². The molecule has 0 saturated carbocycles. The maximum Gasteiger partial charge on any atom is 0.234 e. The number of carbonyl (C=O) groups excluding carboxylic acids is 2. The fraction of sp³-hybridized carbons (Fsp3) is 0.190. The van der Waals surface area contributed by atoms with Gasteiger partial charge >= 0.3 is 0 Å². The molecule has 1 atom stereocenters. The first-order valence-electron chi connectivity index (χ1n) is 8.87. The van der Waals surface area contributed by atoms with Crippen molar-refractivity contribution in [2.24, 2.45) is 0 Å². The van der Waals surface area contributed by atoms with Crippen molar-refractivity contribution in [1.82, 2.24) is 5.32 Å². The van der Waals surface area contributed by atoms with Crippen molar-refractivity contribution in [2.75, 3.05) is 18.2 Å². The summed E-state index contributed by atoms with van der Waals surface area (Å²) < 4.78 is 18.4. The number of halogens is 2. The Bertz CT molecular complexity index is 1050. The molecule has 30 heavy (non-hydrogen) atoms. The Hall–Kier alpha value is -3.02. The number of ether oxygens (including phenoxy) is 1. The van der Waals surface area contributed by atoms with E-state index < -0.39 is 11.7 Å². The number of carbonyl (C=O) groups is 2. The zero-order valence-electron chi connectivity index (χ0n) is 15.9. The number of nitrogens with one attached hydrogen (secondary N) is 2. The number of nitrogens with zero attached hydrogens (tertiary/aromatic N) is 1. The Kier molecular flexibility index (Phi) is 6.98. The van der Waals surface area contributed by atoms with Crippen LogP contribution < -0.4 is 15.4 Å². The van der Waals surface area contributed by atoms with E-state index in [1.807, 2.05) is 12.1 Å². The van der Waals surface area contributed by atoms with E-state index in [0.29, 0.717) is 22.0 Å². The van der Waals surface area contributed by atoms with Gasteiger partial charge in [-0.25, -0.2) is 4.39 Å². The Morgan fingerprint density at radius 2 is 2.10 bits per heavy atom. The van der Waals surface area contributed by atoms with Gasteiger partial charge in [-0.15, -0.1) is 0 Å². The molecule has 0 unspecified atom stereocenters. The summed E-state index contributed by atoms with van der Waals surface area (Å²) >= 11 is 6.77. The van der Waals surface area contributed by atoms with Crippen LogP contribution in [0.2, 0.25) is 5.02 Å². The van der Waals surface area contributed by atoms with E-state index in [1.165, 1.54) is 12.1 Å². The molecular weight excluding hydrogens is 429 g/mol. The molecule has 0 fully saturated rings. The topological polar surface area (TPSA) is 91.2 Å². The third-order valence-electron chi connectivity index (χ3n) is 4.43. The van der Waals surface area contributed by atoms with Gasteiger partial charge in [0.25, 0.3) is 0 Å². The molecule has 3 rings (SSSR count). The van der Waals surface area contributed by atoms with Crippen molar-refractivity contribution in [3.63, 3.8) is 0 Å². The first kappa shape index (κ1) is 21.7. The molecule has 2 N–H and O–H groups in total. The van der Waals surface area contributed by atoms with E-state index in [0.717, 1.165) is 23.4 Å². The summed E-state index contributed by atoms with van der Waals surface area (Å²) in [5, 5.41) is 15.2. The molecular formula is C21H17ClFN3O3S. The molecule has 1 aliphatic rings. The second-order valence-electron chi connectivity index (χ2n) is 6.40. The van der Waals surface area contributed by atoms with Crippen LogP contribution in [0.5, 0.6) is 5.75 Å². The lowest BCUT2D eigenvalue weighted by Crippen LogP contribution is -2.31. The monoisotopic (exact) mass is 445 g/mol. The van der Waals surface area contributed by atoms with E-state index >= 15 is 0 Å². The Morgan fingerprint density at radius 1 is 1.37 bits per heavy atom. The lowest BCUT2D eigenvalue weighted by Gasteiger charge is -2.25. The van der Waals surface area contributed by atoms with E-state index in [4.69, 9.17) is 16.3 Å². The molecule has 2 amide bonds. The van der Waals surface area contributed by atoms with E-state index in [9.17, 15) is 19.2 Å². The number of thioether (sulfide) groups is 1. The summed E-state index contributed by atoms with van der Waals surface area (Å²) in [4.78, 5) is 24.5. The van der Waals surface area contributed by atoms with Crippen LogP contribution in [0.4, 0.5) is 10.1 Å². The normalized spacial score (nSPS) is 15.9. The van der Waals surface area contributed by atoms with Gasteiger partial charge in [-0.1, -0.05) is 35.5 Å². The molecule has 0 bridgehead atoms. The van der Waals surface area contributed by atoms with Crippen molar-refractivity contribution >= 4 is 40.9 Å². The highest BCUT2D eigenvalue weighted by molar-refractivity contribution is 8.03. The zero-order valence-corrected chi connectivity index (χ0v) is 17.4. The number of anilines is 1. The number of benzene rings is 2. The van der Waals surface area contributed by atoms with Gasteiger partial charge in [0.05, 0.1) is 34.6 Å². The third kappa shape index (κ3) is 5.12. The average molecular weight is 446 g/mol. The van der Waals surface area contributed by atoms with Crippen LogP contribution in [0.3, 0.4) is 0 Å². The average Bonchev–Trinajstić information content (AvgIpc) is 2.74. The molecule has 154 valence electrons. The van der Waals surface area contributed by atoms with Crippen LogP contribution in [0, 0.1) is 17.1 Å². The predicted octanol–water partition coefficient (Wildman–Crippen LogP) is 4.20. The molecule has 1 aliphatic heterocycles. The fourth-order valence-corrected chi connectivity index (χ4v) is 4.02. The molecule has 9 heteroatoms. The van der Waals surface area contributed by atoms with Crippen LogP contribution in [0.25, 0.3) is 0 Å². The number of hydrogen-bond donors (Lipinski definition) is 2. The largest absolute Gasteiger partial charge is 0.497 e. The van der Waals surface area contributed by atoms with Gasteiger partial charge in [0, 0.05) is 18.0 Å². The predicted molar refractivity (Wildman–Crippen MR) is 114 cm³/mol. The second-order valence-corrected chi connectivity index (χ2v) is 7.79. The van der Waals surface area contributed by atoms with E-state index in [1.54, 1.807) is 19.2 Å². The number of nitriles is 1. The highest BCUT2D eigenvalue weighted by Crippen LogP contribution is 2.36. The van der Waals surface area contributed by atoms with Crippen molar-refractivity contribution in [1.29, 1.82) is 5.26 Å². The van der Waals surface area contributed by atoms with Crippen LogP contribution in [-0.4, -0.2) is 24.7 Å². The minimum absolute atomic E-state index is 0.0505. The molecule has 0 spiro atoms. The van der Waals surface area contributed by atoms with Crippen LogP contribution in [0.15, 0.2) is 53.1 Å². The lowest BCUT2D eigenvalue weighted by molar-refractivity contribution is -0.121. The van der Waals surface area contributed by atoms with Gasteiger partial charge in [-0.05, 0) is 35.9 Å². The number of amides is 2. The molecule has 0 saturated heterocycles. The Labute approximate surface area is 182 Å². The molecule has 0 aromatic heterocycles. The van der Waals surface area contributed by atoms with Gasteiger partial charge in [0.2, 0.25) is 11.8 Å². The van der Waals surface area contributed by atoms with Gasteiger partial charge < -0.3 is 15.4 Å². The van der Waals surface area contributed by atoms with Crippen molar-refractivity contribution in [2.45, 2.75) is 12.3 Å². The maximum atomic E-state index is 13.2. The van der Waals surface area contributed by atoms with Crippen LogP contribution in [0.1, 0.15) is 17.9 Å². The number of rotatable bonds is 6. The van der Waals surface area contributed by atoms with Gasteiger partial charge in [-0.2, -0.15) is 5.26 Å². The molecule has 2 aromatic carbocycles. The number of allylic oxidation sites excluding steroid dienone is 1. The van der Waals surface area contributed by atoms with Crippen LogP contribution >= 0.6 is 23.4 Å². The molecule has 6 nitrogen and oxygen atoms in total. The SMILES string of the molecule is COc1ccc([C@H]2CC(=O)NC(SCC(=O)Nc3ccc(F)c(Cl)c3)=C2C#N)cc1. The minimum atomic E-state index is -0.581. The molecule has 0 aliphatic carbocycles. The molecule has 0 radical (unpaired) electrons. The minimum Gasteiger partial charge on any atom is -0.497 e. The van der Waals surface area contributed by atoms with Gasteiger partial charge in [0.15, 0.2) is 0 Å². The van der Waals surface area contributed by atoms with Crippen molar-refractivity contribution in [3.8, 4) is 11.8 Å². The summed E-state index contributed by atoms with van der Waals surface area (Å²) in [6.45, 7) is 0. The molecule has 2 aromatic rings.